The Labute approximate surface area is 266 Å². The van der Waals surface area contributed by atoms with Crippen molar-refractivity contribution in [2.45, 2.75) is 160 Å². The molecular weight excluding hydrogens is 620 g/mol. The predicted molar refractivity (Wildman–Crippen MR) is 183 cm³/mol. The lowest BCUT2D eigenvalue weighted by Gasteiger charge is -2.51. The normalized spacial score (nSPS) is 35.3. The zero-order valence-electron chi connectivity index (χ0n) is 28.7. The van der Waals surface area contributed by atoms with Gasteiger partial charge in [0.05, 0.1) is 30.5 Å². The van der Waals surface area contributed by atoms with Gasteiger partial charge in [-0.25, -0.2) is 0 Å². The third-order valence-corrected chi connectivity index (χ3v) is 10.3. The van der Waals surface area contributed by atoms with Crippen molar-refractivity contribution in [3.05, 3.63) is 24.3 Å². The largest absolute Gasteiger partial charge is 0.409 e. The van der Waals surface area contributed by atoms with Crippen molar-refractivity contribution < 1.29 is 38.1 Å². The van der Waals surface area contributed by atoms with Gasteiger partial charge in [-0.3, -0.25) is 4.74 Å². The number of hydrogen-bond donors (Lipinski definition) is 4. The highest BCUT2D eigenvalue weighted by atomic mass is 31.0. The van der Waals surface area contributed by atoms with Crippen molar-refractivity contribution in [3.63, 3.8) is 0 Å². The first-order valence-corrected chi connectivity index (χ1v) is 25.8. The molecule has 0 unspecified atom stereocenters. The Morgan fingerprint density at radius 1 is 0.698 bits per heavy atom. The number of aliphatic hydroxyl groups is 3. The molecule has 0 spiro atoms. The minimum Gasteiger partial charge on any atom is -0.409 e. The third-order valence-electron chi connectivity index (χ3n) is 7.04. The molecule has 12 atom stereocenters. The lowest BCUT2D eigenvalue weighted by Crippen LogP contribution is -2.66. The van der Waals surface area contributed by atoms with Crippen LogP contribution in [0.25, 0.3) is 0 Å². The summed E-state index contributed by atoms with van der Waals surface area (Å²) in [7, 11) is -2.19. The Morgan fingerprint density at radius 2 is 1.12 bits per heavy atom. The number of aliphatic hydroxyl groups excluding tert-OH is 3. The average Bonchev–Trinajstić information content (AvgIpc) is 2.82. The van der Waals surface area contributed by atoms with Gasteiger partial charge in [0.15, 0.2) is 25.0 Å². The highest BCUT2D eigenvalue weighted by molar-refractivity contribution is 7.04. The highest BCUT2D eigenvalue weighted by Gasteiger charge is 2.52. The van der Waals surface area contributed by atoms with E-state index in [4.69, 9.17) is 28.5 Å². The second-order valence-electron chi connectivity index (χ2n) is 15.0. The Balaban J connectivity index is 0.000000517. The van der Waals surface area contributed by atoms with E-state index in [-0.39, 0.29) is 36.6 Å². The van der Waals surface area contributed by atoms with Crippen molar-refractivity contribution in [2.75, 3.05) is 0 Å². The van der Waals surface area contributed by atoms with Crippen LogP contribution in [0.5, 0.6) is 0 Å². The van der Waals surface area contributed by atoms with Gasteiger partial charge >= 0.3 is 0 Å². The third kappa shape index (κ3) is 12.5. The first-order chi connectivity index (χ1) is 19.3. The smallest absolute Gasteiger partial charge is 0.184 e. The maximum atomic E-state index is 9.69. The van der Waals surface area contributed by atoms with E-state index in [1.54, 1.807) is 13.8 Å². The molecule has 2 heterocycles. The summed E-state index contributed by atoms with van der Waals surface area (Å²) in [6, 6.07) is -0.759. The summed E-state index contributed by atoms with van der Waals surface area (Å²) in [6.07, 6.45) is -5.77. The second-order valence-corrected chi connectivity index (χ2v) is 28.6. The van der Waals surface area contributed by atoms with E-state index in [2.05, 4.69) is 92.8 Å². The molecule has 2 fully saturated rings. The van der Waals surface area contributed by atoms with Crippen LogP contribution in [0.1, 0.15) is 27.7 Å². The summed E-state index contributed by atoms with van der Waals surface area (Å²) >= 11 is 0. The molecule has 14 heteroatoms. The fourth-order valence-corrected chi connectivity index (χ4v) is 8.76. The van der Waals surface area contributed by atoms with Crippen LogP contribution in [0.2, 0.25) is 58.9 Å². The molecule has 0 aliphatic carbocycles. The Bertz CT molecular complexity index is 942. The first kappa shape index (κ1) is 40.9. The number of ether oxygens (including phenoxy) is 2. The Kier molecular flexibility index (Phi) is 15.3. The maximum Gasteiger partial charge on any atom is 0.184 e. The molecule has 2 aliphatic heterocycles. The SMILES string of the molecule is C=C(C)[C@@H](N)[C@H]1O[C@H](C)[C@H](O)[C@@H](O)[C@H]1O.C=C(C)[C@@H](N=P)[C@H]1O[C@H](C)[C@H](O[Si](C)(C)C)[C@@H](O[Si](C)(C)C)[C@H]1O[Si](C)(C)C. The molecule has 0 aromatic rings. The molecule has 43 heavy (non-hydrogen) atoms. The summed E-state index contributed by atoms with van der Waals surface area (Å²) in [4.78, 5) is 0. The summed E-state index contributed by atoms with van der Waals surface area (Å²) < 4.78 is 36.3. The van der Waals surface area contributed by atoms with Crippen molar-refractivity contribution in [2.24, 2.45) is 10.5 Å². The van der Waals surface area contributed by atoms with Crippen LogP contribution >= 0.6 is 9.03 Å². The molecule has 0 aromatic heterocycles. The van der Waals surface area contributed by atoms with Crippen molar-refractivity contribution >= 4 is 34.0 Å². The minimum absolute atomic E-state index is 0.116. The van der Waals surface area contributed by atoms with Crippen molar-refractivity contribution in [1.82, 2.24) is 0 Å². The molecular formula is C29H61N2O8PSi3. The van der Waals surface area contributed by atoms with Crippen LogP contribution in [0, 0.1) is 0 Å². The zero-order valence-corrected chi connectivity index (χ0v) is 32.7. The second kappa shape index (κ2) is 16.1. The molecule has 2 rings (SSSR count). The fraction of sp³-hybridized carbons (Fsp3) is 0.862. The van der Waals surface area contributed by atoms with E-state index in [1.165, 1.54) is 0 Å². The van der Waals surface area contributed by atoms with Crippen molar-refractivity contribution in [1.29, 1.82) is 0 Å². The lowest BCUT2D eigenvalue weighted by molar-refractivity contribution is -0.219. The van der Waals surface area contributed by atoms with Gasteiger partial charge in [-0.2, -0.15) is 0 Å². The zero-order chi connectivity index (χ0) is 33.8. The van der Waals surface area contributed by atoms with Gasteiger partial charge in [0.1, 0.15) is 42.7 Å². The fourth-order valence-electron chi connectivity index (χ4n) is 5.08. The van der Waals surface area contributed by atoms with E-state index >= 15 is 0 Å². The number of rotatable bonds is 11. The van der Waals surface area contributed by atoms with Gasteiger partial charge in [-0.15, -0.1) is 0 Å². The molecule has 10 nitrogen and oxygen atoms in total. The van der Waals surface area contributed by atoms with Gasteiger partial charge in [0.2, 0.25) is 0 Å². The van der Waals surface area contributed by atoms with Crippen LogP contribution in [-0.2, 0) is 22.8 Å². The summed E-state index contributed by atoms with van der Waals surface area (Å²) in [5, 5.41) is 28.7. The summed E-state index contributed by atoms with van der Waals surface area (Å²) in [6.45, 7) is 35.0. The molecule has 0 radical (unpaired) electrons. The van der Waals surface area contributed by atoms with Crippen LogP contribution in [0.3, 0.4) is 0 Å². The summed E-state index contributed by atoms with van der Waals surface area (Å²) in [5.74, 6) is 0. The van der Waals surface area contributed by atoms with Crippen LogP contribution in [0.15, 0.2) is 29.0 Å². The van der Waals surface area contributed by atoms with Crippen LogP contribution < -0.4 is 5.73 Å². The Hall–Kier alpha value is -0.129. The van der Waals surface area contributed by atoms with Crippen LogP contribution in [-0.4, -0.2) is 113 Å². The topological polar surface area (TPSA) is 145 Å². The van der Waals surface area contributed by atoms with Gasteiger partial charge in [-0.1, -0.05) is 24.3 Å². The van der Waals surface area contributed by atoms with Gasteiger partial charge < -0.3 is 43.8 Å². The van der Waals surface area contributed by atoms with Gasteiger partial charge in [-0.05, 0) is 95.6 Å². The standard InChI is InChI=1S/C19H42NO4PSi3.C10H19NO4/c1-13(2)15(20-25)17-19(24-28(10,11)12)18(23-27(7,8)9)16(14(3)21-17)22-26(4,5)6;1-4(2)6(11)10-9(14)8(13)7(12)5(3)15-10/h14-19,25H,1H2,2-12H3;5-10,12-14H,1,11H2,2-3H3/t14-,15-,16+,17-,18-,19+;5-,6-,7+,8-,9-,10-/m11/s1. The van der Waals surface area contributed by atoms with E-state index in [9.17, 15) is 15.3 Å². The molecule has 2 aliphatic rings. The molecule has 0 saturated carbocycles. The summed E-state index contributed by atoms with van der Waals surface area (Å²) in [5.41, 5.74) is 7.37. The highest BCUT2D eigenvalue weighted by Crippen LogP contribution is 2.36. The molecule has 2 saturated heterocycles. The number of nitrogens with two attached hydrogens (primary N) is 1. The molecule has 252 valence electrons. The quantitative estimate of drug-likeness (QED) is 0.141. The van der Waals surface area contributed by atoms with E-state index in [0.29, 0.717) is 5.57 Å². The monoisotopic (exact) mass is 680 g/mol. The van der Waals surface area contributed by atoms with E-state index in [1.807, 2.05) is 6.92 Å². The molecule has 0 aromatic carbocycles. The van der Waals surface area contributed by atoms with Gasteiger partial charge in [0.25, 0.3) is 0 Å². The van der Waals surface area contributed by atoms with Crippen molar-refractivity contribution in [3.8, 4) is 0 Å². The first-order valence-electron chi connectivity index (χ1n) is 15.1. The predicted octanol–water partition coefficient (Wildman–Crippen LogP) is 4.46. The number of hydrogen-bond acceptors (Lipinski definition) is 10. The maximum absolute atomic E-state index is 9.69. The van der Waals surface area contributed by atoms with E-state index < -0.39 is 61.5 Å². The minimum atomic E-state index is -1.88. The van der Waals surface area contributed by atoms with Gasteiger partial charge in [0, 0.05) is 0 Å². The van der Waals surface area contributed by atoms with Crippen LogP contribution in [0.4, 0.5) is 0 Å². The molecule has 0 bridgehead atoms. The Morgan fingerprint density at radius 3 is 1.51 bits per heavy atom. The molecule has 0 amide bonds. The van der Waals surface area contributed by atoms with E-state index in [0.717, 1.165) is 5.57 Å². The number of nitrogens with zero attached hydrogens (tertiary/aromatic N) is 1. The average molecular weight is 681 g/mol. The molecule has 5 N–H and O–H groups in total. The lowest BCUT2D eigenvalue weighted by atomic mass is 9.90.